The zero-order valence-corrected chi connectivity index (χ0v) is 8.91. The Hall–Kier alpha value is -1.14. The van der Waals surface area contributed by atoms with Crippen LogP contribution in [0.3, 0.4) is 0 Å². The van der Waals surface area contributed by atoms with Gasteiger partial charge in [0.15, 0.2) is 0 Å². The van der Waals surface area contributed by atoms with Gasteiger partial charge in [-0.1, -0.05) is 0 Å². The predicted octanol–water partition coefficient (Wildman–Crippen LogP) is -1.35. The van der Waals surface area contributed by atoms with Crippen LogP contribution < -0.4 is 10.6 Å². The third-order valence-electron chi connectivity index (χ3n) is 2.13. The van der Waals surface area contributed by atoms with Crippen molar-refractivity contribution < 1.29 is 19.1 Å². The first-order valence-corrected chi connectivity index (χ1v) is 4.85. The Bertz CT molecular complexity index is 238. The minimum atomic E-state index is -0.645. The number of nitrogens with one attached hydrogen (secondary N) is 2. The van der Waals surface area contributed by atoms with Gasteiger partial charge in [0.05, 0.1) is 13.7 Å². The molecule has 0 aromatic heterocycles. The summed E-state index contributed by atoms with van der Waals surface area (Å²) in [5.41, 5.74) is 0. The first-order chi connectivity index (χ1) is 7.15. The van der Waals surface area contributed by atoms with E-state index in [9.17, 15) is 9.59 Å². The molecule has 0 aliphatic carbocycles. The summed E-state index contributed by atoms with van der Waals surface area (Å²) in [6, 6.07) is -0.645. The number of hydrogen-bond donors (Lipinski definition) is 2. The van der Waals surface area contributed by atoms with E-state index in [1.54, 1.807) is 6.92 Å². The second-order valence-electron chi connectivity index (χ2n) is 3.32. The van der Waals surface area contributed by atoms with E-state index in [2.05, 4.69) is 15.4 Å². The van der Waals surface area contributed by atoms with Gasteiger partial charge in [-0.3, -0.25) is 4.79 Å². The number of morpholine rings is 1. The number of hydrogen-bond acceptors (Lipinski definition) is 5. The minimum Gasteiger partial charge on any atom is -0.467 e. The molecule has 6 heteroatoms. The lowest BCUT2D eigenvalue weighted by atomic mass is 10.2. The summed E-state index contributed by atoms with van der Waals surface area (Å²) >= 11 is 0. The van der Waals surface area contributed by atoms with Crippen molar-refractivity contribution in [2.75, 3.05) is 26.8 Å². The minimum absolute atomic E-state index is 0.292. The van der Waals surface area contributed by atoms with E-state index < -0.39 is 18.1 Å². The first kappa shape index (κ1) is 11.9. The zero-order valence-electron chi connectivity index (χ0n) is 8.91. The number of methoxy groups -OCH3 is 1. The van der Waals surface area contributed by atoms with Gasteiger partial charge < -0.3 is 20.1 Å². The van der Waals surface area contributed by atoms with Crippen LogP contribution in [0.15, 0.2) is 0 Å². The smallest absolute Gasteiger partial charge is 0.328 e. The average Bonchev–Trinajstić information content (AvgIpc) is 2.29. The van der Waals surface area contributed by atoms with Crippen LogP contribution in [0.4, 0.5) is 0 Å². The summed E-state index contributed by atoms with van der Waals surface area (Å²) < 4.78 is 9.72. The highest BCUT2D eigenvalue weighted by molar-refractivity contribution is 5.86. The summed E-state index contributed by atoms with van der Waals surface area (Å²) in [4.78, 5) is 22.6. The van der Waals surface area contributed by atoms with Crippen LogP contribution in [-0.4, -0.2) is 50.8 Å². The molecule has 0 aromatic carbocycles. The van der Waals surface area contributed by atoms with Gasteiger partial charge in [-0.05, 0) is 6.92 Å². The third kappa shape index (κ3) is 3.49. The van der Waals surface area contributed by atoms with E-state index in [0.717, 1.165) is 6.54 Å². The molecule has 1 fully saturated rings. The molecule has 1 rings (SSSR count). The second-order valence-corrected chi connectivity index (χ2v) is 3.32. The number of rotatable bonds is 3. The van der Waals surface area contributed by atoms with E-state index in [1.807, 2.05) is 0 Å². The molecule has 2 atom stereocenters. The van der Waals surface area contributed by atoms with Gasteiger partial charge in [-0.25, -0.2) is 4.79 Å². The van der Waals surface area contributed by atoms with Crippen molar-refractivity contribution in [2.24, 2.45) is 0 Å². The predicted molar refractivity (Wildman–Crippen MR) is 52.2 cm³/mol. The fourth-order valence-corrected chi connectivity index (χ4v) is 1.28. The average molecular weight is 216 g/mol. The van der Waals surface area contributed by atoms with E-state index in [-0.39, 0.29) is 5.91 Å². The van der Waals surface area contributed by atoms with Gasteiger partial charge in [0.2, 0.25) is 0 Å². The lowest BCUT2D eigenvalue weighted by Gasteiger charge is -2.23. The molecule has 0 aromatic rings. The van der Waals surface area contributed by atoms with Gasteiger partial charge in [-0.15, -0.1) is 0 Å². The molecule has 0 unspecified atom stereocenters. The quantitative estimate of drug-likeness (QED) is 0.571. The van der Waals surface area contributed by atoms with Crippen molar-refractivity contribution in [1.82, 2.24) is 10.6 Å². The molecule has 1 saturated heterocycles. The monoisotopic (exact) mass is 216 g/mol. The fraction of sp³-hybridized carbons (Fsp3) is 0.778. The summed E-state index contributed by atoms with van der Waals surface area (Å²) in [6.07, 6.45) is -0.522. The van der Waals surface area contributed by atoms with Crippen molar-refractivity contribution in [3.05, 3.63) is 0 Å². The summed E-state index contributed by atoms with van der Waals surface area (Å²) in [5, 5.41) is 5.55. The number of ether oxygens (including phenoxy) is 2. The molecule has 0 saturated carbocycles. The first-order valence-electron chi connectivity index (χ1n) is 4.85. The summed E-state index contributed by atoms with van der Waals surface area (Å²) in [6.45, 7) is 3.29. The van der Waals surface area contributed by atoms with Gasteiger partial charge in [0, 0.05) is 13.1 Å². The van der Waals surface area contributed by atoms with E-state index in [4.69, 9.17) is 4.74 Å². The molecule has 86 valence electrons. The normalized spacial score (nSPS) is 22.9. The van der Waals surface area contributed by atoms with Crippen molar-refractivity contribution in [1.29, 1.82) is 0 Å². The second kappa shape index (κ2) is 5.67. The Balaban J connectivity index is 2.36. The summed E-state index contributed by atoms with van der Waals surface area (Å²) in [5.74, 6) is -0.757. The Morgan fingerprint density at radius 1 is 1.60 bits per heavy atom. The topological polar surface area (TPSA) is 76.7 Å². The van der Waals surface area contributed by atoms with Crippen LogP contribution in [0.25, 0.3) is 0 Å². The third-order valence-corrected chi connectivity index (χ3v) is 2.13. The van der Waals surface area contributed by atoms with Crippen LogP contribution in [0, 0.1) is 0 Å². The Labute approximate surface area is 88.3 Å². The zero-order chi connectivity index (χ0) is 11.3. The van der Waals surface area contributed by atoms with Crippen LogP contribution >= 0.6 is 0 Å². The van der Waals surface area contributed by atoms with E-state index in [0.29, 0.717) is 13.2 Å². The maximum absolute atomic E-state index is 11.5. The number of amides is 1. The lowest BCUT2D eigenvalue weighted by Crippen LogP contribution is -2.51. The molecule has 1 aliphatic heterocycles. The van der Waals surface area contributed by atoms with Crippen molar-refractivity contribution >= 4 is 11.9 Å². The molecule has 0 bridgehead atoms. The SMILES string of the molecule is COC(=O)[C@H](C)NC(=O)[C@@H]1CNCCO1. The molecule has 2 N–H and O–H groups in total. The molecule has 0 radical (unpaired) electrons. The van der Waals surface area contributed by atoms with Crippen LogP contribution in [0.5, 0.6) is 0 Å². The van der Waals surface area contributed by atoms with Crippen molar-refractivity contribution in [3.8, 4) is 0 Å². The van der Waals surface area contributed by atoms with Crippen LogP contribution in [0.2, 0.25) is 0 Å². The number of carbonyl (C=O) groups excluding carboxylic acids is 2. The van der Waals surface area contributed by atoms with Gasteiger partial charge in [-0.2, -0.15) is 0 Å². The lowest BCUT2D eigenvalue weighted by molar-refractivity contribution is -0.146. The largest absolute Gasteiger partial charge is 0.467 e. The molecule has 1 heterocycles. The van der Waals surface area contributed by atoms with Crippen molar-refractivity contribution in [3.63, 3.8) is 0 Å². The maximum Gasteiger partial charge on any atom is 0.328 e. The fourth-order valence-electron chi connectivity index (χ4n) is 1.28. The summed E-state index contributed by atoms with van der Waals surface area (Å²) in [7, 11) is 1.28. The van der Waals surface area contributed by atoms with Gasteiger partial charge in [0.25, 0.3) is 5.91 Å². The van der Waals surface area contributed by atoms with Crippen LogP contribution in [0.1, 0.15) is 6.92 Å². The standard InChI is InChI=1S/C9H16N2O4/c1-6(9(13)14-2)11-8(12)7-5-10-3-4-15-7/h6-7,10H,3-5H2,1-2H3,(H,11,12)/t6-,7-/m0/s1. The number of esters is 1. The van der Waals surface area contributed by atoms with Gasteiger partial charge >= 0.3 is 5.97 Å². The molecule has 15 heavy (non-hydrogen) atoms. The van der Waals surface area contributed by atoms with Gasteiger partial charge in [0.1, 0.15) is 12.1 Å². The van der Waals surface area contributed by atoms with E-state index >= 15 is 0 Å². The Kier molecular flexibility index (Phi) is 4.51. The molecular formula is C9H16N2O4. The Morgan fingerprint density at radius 3 is 2.87 bits per heavy atom. The Morgan fingerprint density at radius 2 is 2.33 bits per heavy atom. The maximum atomic E-state index is 11.5. The van der Waals surface area contributed by atoms with Crippen molar-refractivity contribution in [2.45, 2.75) is 19.1 Å². The van der Waals surface area contributed by atoms with E-state index in [1.165, 1.54) is 7.11 Å². The highest BCUT2D eigenvalue weighted by Crippen LogP contribution is 1.97. The number of carbonyl (C=O) groups is 2. The molecular weight excluding hydrogens is 200 g/mol. The highest BCUT2D eigenvalue weighted by Gasteiger charge is 2.25. The van der Waals surface area contributed by atoms with Crippen LogP contribution in [-0.2, 0) is 19.1 Å². The molecule has 1 amide bonds. The molecule has 1 aliphatic rings. The highest BCUT2D eigenvalue weighted by atomic mass is 16.5. The molecule has 6 nitrogen and oxygen atoms in total. The molecule has 0 spiro atoms.